The Kier molecular flexibility index (Phi) is 10.1. The van der Waals surface area contributed by atoms with Gasteiger partial charge >= 0.3 is 5.97 Å². The first-order valence-corrected chi connectivity index (χ1v) is 14.4. The first-order valence-electron chi connectivity index (χ1n) is 14.4. The van der Waals surface area contributed by atoms with Crippen LogP contribution >= 0.6 is 0 Å². The van der Waals surface area contributed by atoms with E-state index in [1.807, 2.05) is 72.5 Å². The van der Waals surface area contributed by atoms with Crippen LogP contribution in [0.3, 0.4) is 0 Å². The fraction of sp³-hybridized carbons (Fsp3) is 0.412. The van der Waals surface area contributed by atoms with Crippen LogP contribution < -0.4 is 19.5 Å². The number of para-hydroxylation sites is 1. The van der Waals surface area contributed by atoms with Crippen molar-refractivity contribution in [1.82, 2.24) is 4.90 Å². The number of hydrogen-bond donors (Lipinski definition) is 2. The zero-order valence-electron chi connectivity index (χ0n) is 23.9. The van der Waals surface area contributed by atoms with Crippen molar-refractivity contribution in [2.75, 3.05) is 31.8 Å². The molecular weight excluding hydrogens is 532 g/mol. The minimum Gasteiger partial charge on any atom is -0.494 e. The van der Waals surface area contributed by atoms with Gasteiger partial charge in [0.15, 0.2) is 11.5 Å². The van der Waals surface area contributed by atoms with Crippen LogP contribution in [0.2, 0.25) is 0 Å². The van der Waals surface area contributed by atoms with Crippen LogP contribution in [0.1, 0.15) is 68.8 Å². The number of hydrogen-bond acceptors (Lipinski definition) is 6. The molecule has 3 aromatic carbocycles. The molecule has 1 amide bonds. The first-order chi connectivity index (χ1) is 19.9. The monoisotopic (exact) mass is 574 g/mol. The molecule has 0 saturated carbocycles. The SMILES string of the molecule is C.CCCOc1ccc([C@H]2[C@H](C(=O)O)[C@@H](c3ccc4c(c3)OCO4)CN2CC(=O)Nc2c(CC)cccc2CC)cc1. The molecule has 5 rings (SSSR count). The summed E-state index contributed by atoms with van der Waals surface area (Å²) in [6.07, 6.45) is 2.50. The molecule has 0 bridgehead atoms. The average Bonchev–Trinajstić information content (AvgIpc) is 3.61. The second-order valence-corrected chi connectivity index (χ2v) is 10.6. The van der Waals surface area contributed by atoms with Gasteiger partial charge in [0.2, 0.25) is 12.7 Å². The van der Waals surface area contributed by atoms with E-state index in [-0.39, 0.29) is 32.6 Å². The van der Waals surface area contributed by atoms with Gasteiger partial charge in [0.05, 0.1) is 19.1 Å². The number of carbonyl (C=O) groups is 2. The number of ether oxygens (including phenoxy) is 3. The quantitative estimate of drug-likeness (QED) is 0.272. The number of aryl methyl sites for hydroxylation is 2. The zero-order valence-corrected chi connectivity index (χ0v) is 23.9. The topological polar surface area (TPSA) is 97.3 Å². The number of nitrogens with one attached hydrogen (secondary N) is 1. The van der Waals surface area contributed by atoms with Crippen LogP contribution in [-0.4, -0.2) is 48.4 Å². The van der Waals surface area contributed by atoms with Crippen molar-refractivity contribution in [3.8, 4) is 17.2 Å². The van der Waals surface area contributed by atoms with E-state index in [9.17, 15) is 14.7 Å². The van der Waals surface area contributed by atoms with E-state index < -0.39 is 17.9 Å². The number of aliphatic carboxylic acids is 1. The lowest BCUT2D eigenvalue weighted by Gasteiger charge is -2.27. The molecule has 3 atom stereocenters. The van der Waals surface area contributed by atoms with E-state index in [2.05, 4.69) is 19.2 Å². The van der Waals surface area contributed by atoms with Gasteiger partial charge in [0.1, 0.15) is 5.75 Å². The second-order valence-electron chi connectivity index (χ2n) is 10.6. The van der Waals surface area contributed by atoms with E-state index in [4.69, 9.17) is 14.2 Å². The van der Waals surface area contributed by atoms with Crippen LogP contribution in [0.5, 0.6) is 17.2 Å². The summed E-state index contributed by atoms with van der Waals surface area (Å²) < 4.78 is 16.8. The molecule has 2 aliphatic heterocycles. The summed E-state index contributed by atoms with van der Waals surface area (Å²) >= 11 is 0. The molecule has 0 spiro atoms. The van der Waals surface area contributed by atoms with Crippen LogP contribution in [0.15, 0.2) is 60.7 Å². The minimum absolute atomic E-state index is 0. The maximum Gasteiger partial charge on any atom is 0.309 e. The van der Waals surface area contributed by atoms with E-state index in [1.54, 1.807) is 0 Å². The normalized spacial score (nSPS) is 19.3. The Hall–Kier alpha value is -4.04. The Morgan fingerprint density at radius 1 is 0.952 bits per heavy atom. The molecule has 224 valence electrons. The van der Waals surface area contributed by atoms with Crippen molar-refractivity contribution < 1.29 is 28.9 Å². The van der Waals surface area contributed by atoms with Crippen LogP contribution in [0, 0.1) is 5.92 Å². The van der Waals surface area contributed by atoms with E-state index in [0.717, 1.165) is 53.0 Å². The lowest BCUT2D eigenvalue weighted by Crippen LogP contribution is -2.35. The molecule has 8 heteroatoms. The van der Waals surface area contributed by atoms with Gasteiger partial charge in [-0.15, -0.1) is 0 Å². The lowest BCUT2D eigenvalue weighted by molar-refractivity contribution is -0.143. The molecule has 2 heterocycles. The molecule has 2 N–H and O–H groups in total. The number of carboxylic acid groups (broad SMARTS) is 1. The summed E-state index contributed by atoms with van der Waals surface area (Å²) in [5, 5.41) is 13.7. The van der Waals surface area contributed by atoms with Gasteiger partial charge in [0.25, 0.3) is 0 Å². The molecule has 2 aliphatic rings. The predicted octanol–water partition coefficient (Wildman–Crippen LogP) is 6.45. The summed E-state index contributed by atoms with van der Waals surface area (Å²) in [5.74, 6) is -0.207. The van der Waals surface area contributed by atoms with Gasteiger partial charge in [0, 0.05) is 24.2 Å². The van der Waals surface area contributed by atoms with Gasteiger partial charge in [-0.05, 0) is 65.8 Å². The summed E-state index contributed by atoms with van der Waals surface area (Å²) in [6.45, 7) is 7.41. The number of benzene rings is 3. The molecule has 42 heavy (non-hydrogen) atoms. The van der Waals surface area contributed by atoms with Crippen molar-refractivity contribution >= 4 is 17.6 Å². The van der Waals surface area contributed by atoms with Gasteiger partial charge in [-0.2, -0.15) is 0 Å². The summed E-state index contributed by atoms with van der Waals surface area (Å²) in [6, 6.07) is 18.8. The predicted molar refractivity (Wildman–Crippen MR) is 164 cm³/mol. The Bertz CT molecular complexity index is 1370. The fourth-order valence-corrected chi connectivity index (χ4v) is 6.02. The largest absolute Gasteiger partial charge is 0.494 e. The molecule has 1 saturated heterocycles. The molecule has 0 aromatic heterocycles. The molecule has 0 aliphatic carbocycles. The number of amides is 1. The third kappa shape index (κ3) is 6.39. The number of anilines is 1. The van der Waals surface area contributed by atoms with Crippen molar-refractivity contribution in [3.05, 3.63) is 82.9 Å². The Morgan fingerprint density at radius 2 is 1.62 bits per heavy atom. The maximum atomic E-state index is 13.6. The highest BCUT2D eigenvalue weighted by Crippen LogP contribution is 2.47. The molecule has 1 fully saturated rings. The summed E-state index contributed by atoms with van der Waals surface area (Å²) in [5.41, 5.74) is 4.71. The molecule has 8 nitrogen and oxygen atoms in total. The highest BCUT2D eigenvalue weighted by Gasteiger charge is 2.48. The van der Waals surface area contributed by atoms with Gasteiger partial charge in [-0.3, -0.25) is 14.5 Å². The van der Waals surface area contributed by atoms with Gasteiger partial charge < -0.3 is 24.6 Å². The average molecular weight is 575 g/mol. The molecule has 3 aromatic rings. The Morgan fingerprint density at radius 3 is 2.26 bits per heavy atom. The Labute approximate surface area is 248 Å². The van der Waals surface area contributed by atoms with Crippen LogP contribution in [0.25, 0.3) is 0 Å². The maximum absolute atomic E-state index is 13.6. The minimum atomic E-state index is -0.906. The summed E-state index contributed by atoms with van der Waals surface area (Å²) in [7, 11) is 0. The third-order valence-corrected chi connectivity index (χ3v) is 8.01. The van der Waals surface area contributed by atoms with Gasteiger partial charge in [-0.25, -0.2) is 0 Å². The van der Waals surface area contributed by atoms with Crippen LogP contribution in [0.4, 0.5) is 5.69 Å². The fourth-order valence-electron chi connectivity index (χ4n) is 6.02. The Balaban J connectivity index is 0.00000405. The highest BCUT2D eigenvalue weighted by molar-refractivity contribution is 5.94. The number of fused-ring (bicyclic) bond motifs is 1. The number of carboxylic acids is 1. The van der Waals surface area contributed by atoms with Crippen molar-refractivity contribution in [1.29, 1.82) is 0 Å². The smallest absolute Gasteiger partial charge is 0.309 e. The van der Waals surface area contributed by atoms with Crippen LogP contribution in [-0.2, 0) is 22.4 Å². The standard InChI is InChI=1S/C33H38N2O6.CH4/c1-4-16-39-25-13-10-23(11-14-25)32-30(33(37)38)26(24-12-15-27-28(17-24)41-20-40-27)18-35(32)19-29(36)34-31-21(5-2)8-7-9-22(31)6-3;/h7-15,17,26,30,32H,4-6,16,18-20H2,1-3H3,(H,34,36)(H,37,38);1H4/t26-,30-,32+;/m1./s1. The van der Waals surface area contributed by atoms with Crippen molar-refractivity contribution in [3.63, 3.8) is 0 Å². The number of carbonyl (C=O) groups excluding carboxylic acids is 1. The highest BCUT2D eigenvalue weighted by atomic mass is 16.7. The van der Waals surface area contributed by atoms with E-state index >= 15 is 0 Å². The number of rotatable bonds is 11. The lowest BCUT2D eigenvalue weighted by atomic mass is 9.82. The number of likely N-dealkylation sites (tertiary alicyclic amines) is 1. The van der Waals surface area contributed by atoms with Gasteiger partial charge in [-0.1, -0.05) is 64.6 Å². The molecule has 0 radical (unpaired) electrons. The van der Waals surface area contributed by atoms with E-state index in [1.165, 1.54) is 0 Å². The third-order valence-electron chi connectivity index (χ3n) is 8.01. The molecular formula is C34H42N2O6. The van der Waals surface area contributed by atoms with E-state index in [0.29, 0.717) is 24.7 Å². The van der Waals surface area contributed by atoms with Crippen molar-refractivity contribution in [2.45, 2.75) is 59.4 Å². The second kappa shape index (κ2) is 13.7. The number of nitrogens with zero attached hydrogens (tertiary/aromatic N) is 1. The van der Waals surface area contributed by atoms with Crippen molar-refractivity contribution in [2.24, 2.45) is 5.92 Å². The summed E-state index contributed by atoms with van der Waals surface area (Å²) in [4.78, 5) is 28.5. The zero-order chi connectivity index (χ0) is 28.9. The molecule has 0 unspecified atom stereocenters. The first kappa shape index (κ1) is 30.9.